The minimum Gasteiger partial charge on any atom is -0.371 e. The summed E-state index contributed by atoms with van der Waals surface area (Å²) in [6, 6.07) is 8.56. The van der Waals surface area contributed by atoms with E-state index in [-0.39, 0.29) is 24.0 Å². The number of unbranched alkanes of at least 4 members (excludes halogenated alkanes) is 1. The molecule has 1 aliphatic rings. The second kappa shape index (κ2) is 10.7. The third-order valence-electron chi connectivity index (χ3n) is 3.94. The van der Waals surface area contributed by atoms with Crippen LogP contribution in [-0.2, 0) is 6.54 Å². The standard InChI is InChI=1S/C17H28N4.HI/c1-2-3-11-19-17(18)20-14-15-9-5-6-10-16(15)21-12-7-4-8-13-21;/h5-6,9-10H,2-4,7-8,11-14H2,1H3,(H3,18,19,20);1H. The summed E-state index contributed by atoms with van der Waals surface area (Å²) in [4.78, 5) is 6.96. The first kappa shape index (κ1) is 19.1. The van der Waals surface area contributed by atoms with Crippen molar-refractivity contribution in [1.82, 2.24) is 5.32 Å². The van der Waals surface area contributed by atoms with E-state index in [0.717, 1.165) is 32.5 Å². The summed E-state index contributed by atoms with van der Waals surface area (Å²) in [5.41, 5.74) is 8.50. The maximum Gasteiger partial charge on any atom is 0.188 e. The fraction of sp³-hybridized carbons (Fsp3) is 0.588. The van der Waals surface area contributed by atoms with E-state index in [1.165, 1.54) is 30.5 Å². The molecule has 4 nitrogen and oxygen atoms in total. The van der Waals surface area contributed by atoms with E-state index in [4.69, 9.17) is 5.73 Å². The van der Waals surface area contributed by atoms with Gasteiger partial charge in [0.2, 0.25) is 0 Å². The third-order valence-corrected chi connectivity index (χ3v) is 3.94. The highest BCUT2D eigenvalue weighted by Gasteiger charge is 2.13. The van der Waals surface area contributed by atoms with Crippen molar-refractivity contribution in [2.24, 2.45) is 10.7 Å². The number of hydrogen-bond donors (Lipinski definition) is 2. The number of rotatable bonds is 6. The Hall–Kier alpha value is -0.980. The number of hydrogen-bond acceptors (Lipinski definition) is 2. The highest BCUT2D eigenvalue weighted by Crippen LogP contribution is 2.24. The van der Waals surface area contributed by atoms with Gasteiger partial charge in [0.15, 0.2) is 5.96 Å². The number of nitrogens with two attached hydrogens (primary N) is 1. The van der Waals surface area contributed by atoms with Crippen LogP contribution in [0.4, 0.5) is 5.69 Å². The maximum absolute atomic E-state index is 5.92. The van der Waals surface area contributed by atoms with Gasteiger partial charge in [0.25, 0.3) is 0 Å². The molecule has 3 N–H and O–H groups in total. The van der Waals surface area contributed by atoms with E-state index in [1.807, 2.05) is 0 Å². The molecule has 1 aliphatic heterocycles. The molecule has 0 saturated carbocycles. The summed E-state index contributed by atoms with van der Waals surface area (Å²) >= 11 is 0. The van der Waals surface area contributed by atoms with Gasteiger partial charge in [-0.1, -0.05) is 31.5 Å². The Morgan fingerprint density at radius 2 is 1.95 bits per heavy atom. The zero-order valence-corrected chi connectivity index (χ0v) is 15.9. The molecule has 0 unspecified atom stereocenters. The molecule has 124 valence electrons. The van der Waals surface area contributed by atoms with Gasteiger partial charge in [-0.2, -0.15) is 0 Å². The van der Waals surface area contributed by atoms with Crippen molar-refractivity contribution in [3.05, 3.63) is 29.8 Å². The van der Waals surface area contributed by atoms with Crippen LogP contribution in [0.15, 0.2) is 29.3 Å². The average Bonchev–Trinajstić information content (AvgIpc) is 2.54. The lowest BCUT2D eigenvalue weighted by Gasteiger charge is -2.30. The molecule has 1 aromatic rings. The van der Waals surface area contributed by atoms with E-state index in [2.05, 4.69) is 46.4 Å². The molecular formula is C17H29IN4. The van der Waals surface area contributed by atoms with Crippen LogP contribution < -0.4 is 16.0 Å². The number of aliphatic imine (C=N–C) groups is 1. The summed E-state index contributed by atoms with van der Waals surface area (Å²) in [6.07, 6.45) is 6.22. The normalized spacial score (nSPS) is 15.3. The highest BCUT2D eigenvalue weighted by atomic mass is 127. The van der Waals surface area contributed by atoms with Crippen molar-refractivity contribution < 1.29 is 0 Å². The first-order valence-corrected chi connectivity index (χ1v) is 8.18. The Morgan fingerprint density at radius 3 is 2.68 bits per heavy atom. The van der Waals surface area contributed by atoms with Crippen LogP contribution in [-0.4, -0.2) is 25.6 Å². The predicted octanol–water partition coefficient (Wildman–Crippen LogP) is 3.50. The fourth-order valence-electron chi connectivity index (χ4n) is 2.71. The summed E-state index contributed by atoms with van der Waals surface area (Å²) in [7, 11) is 0. The number of anilines is 1. The Morgan fingerprint density at radius 1 is 1.23 bits per heavy atom. The molecule has 0 atom stereocenters. The fourth-order valence-corrected chi connectivity index (χ4v) is 2.71. The largest absolute Gasteiger partial charge is 0.371 e. The molecular weight excluding hydrogens is 387 g/mol. The quantitative estimate of drug-likeness (QED) is 0.323. The molecule has 0 bridgehead atoms. The first-order chi connectivity index (χ1) is 10.3. The molecule has 22 heavy (non-hydrogen) atoms. The number of halogens is 1. The molecule has 0 aromatic heterocycles. The second-order valence-corrected chi connectivity index (χ2v) is 5.66. The van der Waals surface area contributed by atoms with Gasteiger partial charge >= 0.3 is 0 Å². The monoisotopic (exact) mass is 416 g/mol. The van der Waals surface area contributed by atoms with Crippen LogP contribution in [0.25, 0.3) is 0 Å². The molecule has 0 aliphatic carbocycles. The molecule has 2 rings (SSSR count). The van der Waals surface area contributed by atoms with Crippen LogP contribution in [0.5, 0.6) is 0 Å². The van der Waals surface area contributed by atoms with E-state index >= 15 is 0 Å². The molecule has 0 radical (unpaired) electrons. The lowest BCUT2D eigenvalue weighted by atomic mass is 10.1. The van der Waals surface area contributed by atoms with Gasteiger partial charge in [0.1, 0.15) is 0 Å². The lowest BCUT2D eigenvalue weighted by Crippen LogP contribution is -2.32. The SMILES string of the molecule is CCCCNC(N)=NCc1ccccc1N1CCCCC1.I. The van der Waals surface area contributed by atoms with Crippen molar-refractivity contribution in [2.45, 2.75) is 45.6 Å². The summed E-state index contributed by atoms with van der Waals surface area (Å²) < 4.78 is 0. The maximum atomic E-state index is 5.92. The van der Waals surface area contributed by atoms with Crippen molar-refractivity contribution in [2.75, 3.05) is 24.5 Å². The summed E-state index contributed by atoms with van der Waals surface area (Å²) in [5.74, 6) is 0.553. The van der Waals surface area contributed by atoms with Gasteiger partial charge < -0.3 is 16.0 Å². The minimum atomic E-state index is 0. The number of piperidine rings is 1. The zero-order chi connectivity index (χ0) is 14.9. The second-order valence-electron chi connectivity index (χ2n) is 5.66. The van der Waals surface area contributed by atoms with Crippen molar-refractivity contribution in [3.63, 3.8) is 0 Å². The van der Waals surface area contributed by atoms with Crippen molar-refractivity contribution >= 4 is 35.6 Å². The molecule has 0 amide bonds. The van der Waals surface area contributed by atoms with E-state index in [9.17, 15) is 0 Å². The van der Waals surface area contributed by atoms with Crippen LogP contribution in [0, 0.1) is 0 Å². The van der Waals surface area contributed by atoms with Crippen LogP contribution in [0.3, 0.4) is 0 Å². The molecule has 1 heterocycles. The number of nitrogens with zero attached hydrogens (tertiary/aromatic N) is 2. The Labute approximate surface area is 151 Å². The van der Waals surface area contributed by atoms with Gasteiger partial charge in [0.05, 0.1) is 6.54 Å². The van der Waals surface area contributed by atoms with Crippen LogP contribution >= 0.6 is 24.0 Å². The van der Waals surface area contributed by atoms with Crippen molar-refractivity contribution in [1.29, 1.82) is 0 Å². The topological polar surface area (TPSA) is 53.6 Å². The molecule has 1 saturated heterocycles. The van der Waals surface area contributed by atoms with Gasteiger partial charge in [0, 0.05) is 25.3 Å². The van der Waals surface area contributed by atoms with Crippen LogP contribution in [0.2, 0.25) is 0 Å². The van der Waals surface area contributed by atoms with Gasteiger partial charge in [-0.25, -0.2) is 4.99 Å². The zero-order valence-electron chi connectivity index (χ0n) is 13.6. The molecule has 1 aromatic carbocycles. The Kier molecular flexibility index (Phi) is 9.27. The van der Waals surface area contributed by atoms with Crippen LogP contribution in [0.1, 0.15) is 44.6 Å². The van der Waals surface area contributed by atoms with E-state index in [0.29, 0.717) is 12.5 Å². The smallest absolute Gasteiger partial charge is 0.188 e. The van der Waals surface area contributed by atoms with Crippen molar-refractivity contribution in [3.8, 4) is 0 Å². The number of benzene rings is 1. The van der Waals surface area contributed by atoms with E-state index < -0.39 is 0 Å². The Balaban J connectivity index is 0.00000242. The average molecular weight is 416 g/mol. The third kappa shape index (κ3) is 6.02. The summed E-state index contributed by atoms with van der Waals surface area (Å²) in [5, 5.41) is 3.17. The van der Waals surface area contributed by atoms with Gasteiger partial charge in [-0.05, 0) is 37.3 Å². The number of nitrogens with one attached hydrogen (secondary N) is 1. The van der Waals surface area contributed by atoms with Gasteiger partial charge in [-0.3, -0.25) is 0 Å². The highest BCUT2D eigenvalue weighted by molar-refractivity contribution is 14.0. The lowest BCUT2D eigenvalue weighted by molar-refractivity contribution is 0.576. The number of guanidine groups is 1. The number of para-hydroxylation sites is 1. The molecule has 5 heteroatoms. The first-order valence-electron chi connectivity index (χ1n) is 8.18. The Bertz CT molecular complexity index is 456. The van der Waals surface area contributed by atoms with Gasteiger partial charge in [-0.15, -0.1) is 24.0 Å². The predicted molar refractivity (Wildman–Crippen MR) is 106 cm³/mol. The molecule has 0 spiro atoms. The van der Waals surface area contributed by atoms with E-state index in [1.54, 1.807) is 0 Å². The summed E-state index contributed by atoms with van der Waals surface area (Å²) in [6.45, 7) is 6.04. The minimum absolute atomic E-state index is 0. The molecule has 1 fully saturated rings.